The Hall–Kier alpha value is -1.27. The van der Waals surface area contributed by atoms with Gasteiger partial charge in [-0.05, 0) is 24.2 Å². The molecule has 1 aliphatic heterocycles. The monoisotopic (exact) mass is 327 g/mol. The van der Waals surface area contributed by atoms with Gasteiger partial charge in [0.2, 0.25) is 0 Å². The zero-order valence-corrected chi connectivity index (χ0v) is 12.5. The summed E-state index contributed by atoms with van der Waals surface area (Å²) >= 11 is 3.53. The molecule has 1 aromatic carbocycles. The molecule has 0 bridgehead atoms. The first-order valence-corrected chi connectivity index (χ1v) is 7.06. The number of ether oxygens (including phenoxy) is 1. The lowest BCUT2D eigenvalue weighted by Crippen LogP contribution is -2.33. The van der Waals surface area contributed by atoms with Crippen molar-refractivity contribution in [1.82, 2.24) is 4.90 Å². The fourth-order valence-electron chi connectivity index (χ4n) is 2.24. The second-order valence-corrected chi connectivity index (χ2v) is 5.46. The highest BCUT2D eigenvalue weighted by atomic mass is 79.9. The number of halogens is 1. The van der Waals surface area contributed by atoms with E-state index in [9.17, 15) is 0 Å². The van der Waals surface area contributed by atoms with Gasteiger partial charge in [0.1, 0.15) is 5.75 Å². The first kappa shape index (κ1) is 14.1. The molecule has 0 spiro atoms. The maximum absolute atomic E-state index is 8.65. The number of benzene rings is 1. The summed E-state index contributed by atoms with van der Waals surface area (Å²) in [6.45, 7) is 4.76. The molecule has 0 aromatic heterocycles. The second kappa shape index (κ2) is 6.25. The minimum absolute atomic E-state index is 0.217. The van der Waals surface area contributed by atoms with E-state index in [0.717, 1.165) is 35.4 Å². The number of fused-ring (bicyclic) bond motifs is 1. The Morgan fingerprint density at radius 2 is 2.37 bits per heavy atom. The SMILES string of the molecule is CCN(C/C(N)=N/O)Cc1cc(Br)cc2c1OCC2. The molecule has 0 atom stereocenters. The highest BCUT2D eigenvalue weighted by Gasteiger charge is 2.19. The van der Waals surface area contributed by atoms with Gasteiger partial charge in [-0.15, -0.1) is 0 Å². The summed E-state index contributed by atoms with van der Waals surface area (Å²) in [5, 5.41) is 11.7. The number of oxime groups is 1. The average molecular weight is 328 g/mol. The van der Waals surface area contributed by atoms with E-state index in [-0.39, 0.29) is 5.84 Å². The predicted octanol–water partition coefficient (Wildman–Crippen LogP) is 1.95. The molecule has 0 unspecified atom stereocenters. The van der Waals surface area contributed by atoms with Crippen LogP contribution >= 0.6 is 15.9 Å². The summed E-state index contributed by atoms with van der Waals surface area (Å²) < 4.78 is 6.76. The van der Waals surface area contributed by atoms with E-state index in [1.807, 2.05) is 6.92 Å². The van der Waals surface area contributed by atoms with Crippen molar-refractivity contribution in [2.45, 2.75) is 19.9 Å². The fraction of sp³-hybridized carbons (Fsp3) is 0.462. The molecule has 0 amide bonds. The lowest BCUT2D eigenvalue weighted by Gasteiger charge is -2.21. The van der Waals surface area contributed by atoms with Crippen LogP contribution in [0.2, 0.25) is 0 Å². The largest absolute Gasteiger partial charge is 0.493 e. The topological polar surface area (TPSA) is 71.1 Å². The summed E-state index contributed by atoms with van der Waals surface area (Å²) in [5.41, 5.74) is 7.94. The molecule has 1 heterocycles. The molecule has 6 heteroatoms. The number of hydrogen-bond acceptors (Lipinski definition) is 4. The van der Waals surface area contributed by atoms with Crippen LogP contribution in [0.25, 0.3) is 0 Å². The van der Waals surface area contributed by atoms with Crippen LogP contribution in [0.4, 0.5) is 0 Å². The van der Waals surface area contributed by atoms with Crippen molar-refractivity contribution < 1.29 is 9.94 Å². The van der Waals surface area contributed by atoms with Crippen molar-refractivity contribution in [2.75, 3.05) is 19.7 Å². The van der Waals surface area contributed by atoms with Crippen molar-refractivity contribution in [3.8, 4) is 5.75 Å². The average Bonchev–Trinajstić information content (AvgIpc) is 2.85. The lowest BCUT2D eigenvalue weighted by molar-refractivity contribution is 0.289. The molecule has 5 nitrogen and oxygen atoms in total. The molecule has 0 aliphatic carbocycles. The third-order valence-corrected chi connectivity index (χ3v) is 3.64. The van der Waals surface area contributed by atoms with Crippen molar-refractivity contribution in [3.05, 3.63) is 27.7 Å². The Kier molecular flexibility index (Phi) is 4.66. The number of amidine groups is 1. The van der Waals surface area contributed by atoms with E-state index in [2.05, 4.69) is 38.1 Å². The summed E-state index contributed by atoms with van der Waals surface area (Å²) in [4.78, 5) is 2.10. The number of nitrogens with two attached hydrogens (primary N) is 1. The molecule has 0 saturated carbocycles. The molecule has 104 valence electrons. The zero-order chi connectivity index (χ0) is 13.8. The van der Waals surface area contributed by atoms with E-state index in [1.54, 1.807) is 0 Å². The highest BCUT2D eigenvalue weighted by Crippen LogP contribution is 2.33. The van der Waals surface area contributed by atoms with Gasteiger partial charge in [0.05, 0.1) is 13.2 Å². The van der Waals surface area contributed by atoms with Crippen molar-refractivity contribution in [2.24, 2.45) is 10.9 Å². The minimum Gasteiger partial charge on any atom is -0.493 e. The zero-order valence-electron chi connectivity index (χ0n) is 10.9. The number of hydrogen-bond donors (Lipinski definition) is 2. The van der Waals surface area contributed by atoms with Gasteiger partial charge in [-0.25, -0.2) is 0 Å². The molecule has 19 heavy (non-hydrogen) atoms. The van der Waals surface area contributed by atoms with Gasteiger partial charge in [0.25, 0.3) is 0 Å². The predicted molar refractivity (Wildman–Crippen MR) is 77.7 cm³/mol. The third-order valence-electron chi connectivity index (χ3n) is 3.18. The number of nitrogens with zero attached hydrogens (tertiary/aromatic N) is 2. The Bertz CT molecular complexity index is 491. The minimum atomic E-state index is 0.217. The quantitative estimate of drug-likeness (QED) is 0.375. The highest BCUT2D eigenvalue weighted by molar-refractivity contribution is 9.10. The maximum atomic E-state index is 8.65. The van der Waals surface area contributed by atoms with Crippen molar-refractivity contribution in [3.63, 3.8) is 0 Å². The van der Waals surface area contributed by atoms with Crippen LogP contribution in [0.1, 0.15) is 18.1 Å². The first-order valence-electron chi connectivity index (χ1n) is 6.27. The molecule has 0 radical (unpaired) electrons. The van der Waals surface area contributed by atoms with E-state index < -0.39 is 0 Å². The molecule has 2 rings (SSSR count). The second-order valence-electron chi connectivity index (χ2n) is 4.55. The standard InChI is InChI=1S/C13H18BrN3O2/c1-2-17(8-12(15)16-18)7-10-6-11(14)5-9-3-4-19-13(9)10/h5-6,18H,2-4,7-8H2,1H3,(H2,15,16). The first-order chi connectivity index (χ1) is 9.13. The Labute approximate surface area is 121 Å². The maximum Gasteiger partial charge on any atom is 0.153 e. The number of rotatable bonds is 5. The summed E-state index contributed by atoms with van der Waals surface area (Å²) in [6.07, 6.45) is 0.953. The van der Waals surface area contributed by atoms with E-state index in [0.29, 0.717) is 13.1 Å². The van der Waals surface area contributed by atoms with Gasteiger partial charge in [0.15, 0.2) is 5.84 Å². The molecule has 0 saturated heterocycles. The fourth-order valence-corrected chi connectivity index (χ4v) is 2.80. The molecule has 0 fully saturated rings. The molecule has 3 N–H and O–H groups in total. The molecular weight excluding hydrogens is 310 g/mol. The Morgan fingerprint density at radius 3 is 3.05 bits per heavy atom. The Morgan fingerprint density at radius 1 is 1.58 bits per heavy atom. The van der Waals surface area contributed by atoms with Crippen LogP contribution in [-0.2, 0) is 13.0 Å². The van der Waals surface area contributed by atoms with E-state index >= 15 is 0 Å². The molecular formula is C13H18BrN3O2. The summed E-state index contributed by atoms with van der Waals surface area (Å²) in [7, 11) is 0. The smallest absolute Gasteiger partial charge is 0.153 e. The third kappa shape index (κ3) is 3.39. The van der Waals surface area contributed by atoms with E-state index in [1.165, 1.54) is 5.56 Å². The molecule has 1 aromatic rings. The van der Waals surface area contributed by atoms with Crippen molar-refractivity contribution >= 4 is 21.8 Å². The van der Waals surface area contributed by atoms with Gasteiger partial charge >= 0.3 is 0 Å². The summed E-state index contributed by atoms with van der Waals surface area (Å²) in [6, 6.07) is 4.17. The van der Waals surface area contributed by atoms with Crippen LogP contribution in [0.5, 0.6) is 5.75 Å². The van der Waals surface area contributed by atoms with Crippen molar-refractivity contribution in [1.29, 1.82) is 0 Å². The summed E-state index contributed by atoms with van der Waals surface area (Å²) in [5.74, 6) is 1.20. The van der Waals surface area contributed by atoms with Gasteiger partial charge in [-0.2, -0.15) is 0 Å². The van der Waals surface area contributed by atoms with Crippen LogP contribution < -0.4 is 10.5 Å². The van der Waals surface area contributed by atoms with Gasteiger partial charge in [0, 0.05) is 23.0 Å². The van der Waals surface area contributed by atoms with E-state index in [4.69, 9.17) is 15.7 Å². The van der Waals surface area contributed by atoms with Crippen LogP contribution in [-0.4, -0.2) is 35.6 Å². The van der Waals surface area contributed by atoms with Gasteiger partial charge in [-0.1, -0.05) is 28.0 Å². The normalized spacial score (nSPS) is 14.6. The Balaban J connectivity index is 2.18. The number of likely N-dealkylation sites (N-methyl/N-ethyl adjacent to an activating group) is 1. The van der Waals surface area contributed by atoms with Crippen LogP contribution in [0.15, 0.2) is 21.8 Å². The lowest BCUT2D eigenvalue weighted by atomic mass is 10.1. The van der Waals surface area contributed by atoms with Crippen LogP contribution in [0.3, 0.4) is 0 Å². The van der Waals surface area contributed by atoms with Crippen LogP contribution in [0, 0.1) is 0 Å². The molecule has 1 aliphatic rings. The van der Waals surface area contributed by atoms with Gasteiger partial charge < -0.3 is 15.7 Å². The van der Waals surface area contributed by atoms with Gasteiger partial charge in [-0.3, -0.25) is 4.90 Å².